The van der Waals surface area contributed by atoms with E-state index in [2.05, 4.69) is 52.8 Å². The molecule has 0 bridgehead atoms. The van der Waals surface area contributed by atoms with Gasteiger partial charge >= 0.3 is 5.97 Å². The standard InChI is InChI=1S/C26H36O3/c1-7-29-23-16-22-21(25(3,4)11-12-26(22,5)6)15-20(23)19-14-18(19)10-8-9-17(2)13-24(27)28/h8-9,13,15-16,18-19H,7,10-12,14H2,1-6H3,(H,27,28). The van der Waals surface area contributed by atoms with E-state index in [4.69, 9.17) is 9.84 Å². The summed E-state index contributed by atoms with van der Waals surface area (Å²) in [6.07, 6.45) is 9.87. The molecule has 3 nitrogen and oxygen atoms in total. The van der Waals surface area contributed by atoms with Crippen LogP contribution in [0.1, 0.15) is 89.8 Å². The van der Waals surface area contributed by atoms with E-state index in [9.17, 15) is 4.79 Å². The summed E-state index contributed by atoms with van der Waals surface area (Å²) in [5, 5.41) is 8.83. The molecule has 3 heteroatoms. The third-order valence-electron chi connectivity index (χ3n) is 6.78. The average molecular weight is 397 g/mol. The molecular formula is C26H36O3. The highest BCUT2D eigenvalue weighted by Gasteiger charge is 2.43. The van der Waals surface area contributed by atoms with Gasteiger partial charge in [0.05, 0.1) is 6.61 Å². The monoisotopic (exact) mass is 396 g/mol. The fourth-order valence-corrected chi connectivity index (χ4v) is 4.74. The Morgan fingerprint density at radius 3 is 2.38 bits per heavy atom. The van der Waals surface area contributed by atoms with E-state index in [-0.39, 0.29) is 10.8 Å². The maximum atomic E-state index is 10.7. The molecule has 1 saturated carbocycles. The van der Waals surface area contributed by atoms with Gasteiger partial charge in [0.15, 0.2) is 0 Å². The Kier molecular flexibility index (Phi) is 5.98. The van der Waals surface area contributed by atoms with Gasteiger partial charge in [-0.2, -0.15) is 0 Å². The van der Waals surface area contributed by atoms with Crippen molar-refractivity contribution in [2.45, 2.75) is 84.0 Å². The summed E-state index contributed by atoms with van der Waals surface area (Å²) in [4.78, 5) is 10.7. The summed E-state index contributed by atoms with van der Waals surface area (Å²) in [5.41, 5.74) is 5.48. The molecule has 2 unspecified atom stereocenters. The molecule has 29 heavy (non-hydrogen) atoms. The van der Waals surface area contributed by atoms with Gasteiger partial charge in [-0.05, 0) is 90.5 Å². The maximum absolute atomic E-state index is 10.7. The molecule has 158 valence electrons. The van der Waals surface area contributed by atoms with Crippen LogP contribution < -0.4 is 4.74 Å². The van der Waals surface area contributed by atoms with Crippen molar-refractivity contribution >= 4 is 5.97 Å². The van der Waals surface area contributed by atoms with Crippen molar-refractivity contribution in [3.63, 3.8) is 0 Å². The number of carbonyl (C=O) groups is 1. The highest BCUT2D eigenvalue weighted by molar-refractivity contribution is 5.81. The highest BCUT2D eigenvalue weighted by atomic mass is 16.5. The van der Waals surface area contributed by atoms with Gasteiger partial charge in [-0.1, -0.05) is 45.9 Å². The number of carboxylic acid groups (broad SMARTS) is 1. The van der Waals surface area contributed by atoms with Crippen LogP contribution in [0, 0.1) is 5.92 Å². The van der Waals surface area contributed by atoms with Crippen LogP contribution in [0.25, 0.3) is 0 Å². The number of benzene rings is 1. The smallest absolute Gasteiger partial charge is 0.328 e. The Balaban J connectivity index is 1.85. The van der Waals surface area contributed by atoms with Crippen LogP contribution in [-0.2, 0) is 15.6 Å². The number of rotatable bonds is 7. The van der Waals surface area contributed by atoms with Gasteiger partial charge in [0.1, 0.15) is 5.75 Å². The summed E-state index contributed by atoms with van der Waals surface area (Å²) in [7, 11) is 0. The number of hydrogen-bond donors (Lipinski definition) is 1. The Morgan fingerprint density at radius 2 is 1.79 bits per heavy atom. The van der Waals surface area contributed by atoms with Crippen molar-refractivity contribution in [3.8, 4) is 5.75 Å². The first-order chi connectivity index (χ1) is 13.5. The first-order valence-corrected chi connectivity index (χ1v) is 10.9. The first-order valence-electron chi connectivity index (χ1n) is 10.9. The van der Waals surface area contributed by atoms with Crippen molar-refractivity contribution in [2.75, 3.05) is 6.61 Å². The third kappa shape index (κ3) is 4.76. The van der Waals surface area contributed by atoms with E-state index in [0.29, 0.717) is 18.4 Å². The van der Waals surface area contributed by atoms with Crippen LogP contribution in [0.3, 0.4) is 0 Å². The molecule has 2 atom stereocenters. The van der Waals surface area contributed by atoms with E-state index in [0.717, 1.165) is 17.7 Å². The van der Waals surface area contributed by atoms with Gasteiger partial charge in [0, 0.05) is 6.08 Å². The van der Waals surface area contributed by atoms with Crippen LogP contribution in [0.15, 0.2) is 35.9 Å². The molecule has 2 aliphatic carbocycles. The van der Waals surface area contributed by atoms with Crippen molar-refractivity contribution in [1.29, 1.82) is 0 Å². The molecule has 0 amide bonds. The maximum Gasteiger partial charge on any atom is 0.328 e. The second kappa shape index (κ2) is 8.01. The van der Waals surface area contributed by atoms with E-state index >= 15 is 0 Å². The Hall–Kier alpha value is -2.03. The Bertz CT molecular complexity index is 842. The fourth-order valence-electron chi connectivity index (χ4n) is 4.74. The minimum atomic E-state index is -0.891. The van der Waals surface area contributed by atoms with Gasteiger partial charge in [0.25, 0.3) is 0 Å². The lowest BCUT2D eigenvalue weighted by molar-refractivity contribution is -0.131. The molecule has 2 aliphatic rings. The van der Waals surface area contributed by atoms with Crippen LogP contribution in [0.2, 0.25) is 0 Å². The van der Waals surface area contributed by atoms with Crippen molar-refractivity contribution in [1.82, 2.24) is 0 Å². The summed E-state index contributed by atoms with van der Waals surface area (Å²) in [6.45, 7) is 14.0. The quantitative estimate of drug-likeness (QED) is 0.422. The normalized spacial score (nSPS) is 25.0. The average Bonchev–Trinajstić information content (AvgIpc) is 3.38. The number of hydrogen-bond acceptors (Lipinski definition) is 2. The summed E-state index contributed by atoms with van der Waals surface area (Å²) < 4.78 is 6.11. The third-order valence-corrected chi connectivity index (χ3v) is 6.78. The largest absolute Gasteiger partial charge is 0.494 e. The van der Waals surface area contributed by atoms with Gasteiger partial charge in [-0.15, -0.1) is 0 Å². The number of carboxylic acids is 1. The number of fused-ring (bicyclic) bond motifs is 1. The Morgan fingerprint density at radius 1 is 1.17 bits per heavy atom. The molecule has 0 heterocycles. The van der Waals surface area contributed by atoms with E-state index in [1.165, 1.54) is 42.0 Å². The predicted octanol–water partition coefficient (Wildman–Crippen LogP) is 6.52. The van der Waals surface area contributed by atoms with Crippen LogP contribution in [-0.4, -0.2) is 17.7 Å². The van der Waals surface area contributed by atoms with E-state index in [1.807, 2.05) is 13.0 Å². The van der Waals surface area contributed by atoms with Gasteiger partial charge in [0.2, 0.25) is 0 Å². The van der Waals surface area contributed by atoms with E-state index in [1.54, 1.807) is 0 Å². The lowest BCUT2D eigenvalue weighted by Gasteiger charge is -2.42. The van der Waals surface area contributed by atoms with Crippen LogP contribution >= 0.6 is 0 Å². The predicted molar refractivity (Wildman–Crippen MR) is 119 cm³/mol. The first kappa shape index (κ1) is 21.7. The van der Waals surface area contributed by atoms with Gasteiger partial charge in [-0.3, -0.25) is 0 Å². The van der Waals surface area contributed by atoms with Crippen molar-refractivity contribution in [3.05, 3.63) is 52.6 Å². The Labute approximate surface area is 175 Å². The second-order valence-electron chi connectivity index (χ2n) is 10.1. The summed E-state index contributed by atoms with van der Waals surface area (Å²) in [5.74, 6) is 1.32. The minimum absolute atomic E-state index is 0.189. The zero-order valence-corrected chi connectivity index (χ0v) is 18.8. The minimum Gasteiger partial charge on any atom is -0.494 e. The molecule has 1 fully saturated rings. The van der Waals surface area contributed by atoms with Gasteiger partial charge in [-0.25, -0.2) is 4.79 Å². The molecule has 1 N–H and O–H groups in total. The molecular weight excluding hydrogens is 360 g/mol. The summed E-state index contributed by atoms with van der Waals surface area (Å²) in [6, 6.07) is 4.78. The molecule has 0 aliphatic heterocycles. The molecule has 0 spiro atoms. The highest BCUT2D eigenvalue weighted by Crippen LogP contribution is 2.55. The zero-order chi connectivity index (χ0) is 21.4. The zero-order valence-electron chi connectivity index (χ0n) is 18.8. The number of aliphatic carboxylic acids is 1. The molecule has 1 aromatic rings. The van der Waals surface area contributed by atoms with Crippen molar-refractivity contribution < 1.29 is 14.6 Å². The van der Waals surface area contributed by atoms with Crippen LogP contribution in [0.5, 0.6) is 5.75 Å². The molecule has 0 aromatic heterocycles. The molecule has 0 saturated heterocycles. The fraction of sp³-hybridized carbons (Fsp3) is 0.577. The molecule has 0 radical (unpaired) electrons. The van der Waals surface area contributed by atoms with Crippen LogP contribution in [0.4, 0.5) is 0 Å². The van der Waals surface area contributed by atoms with E-state index < -0.39 is 5.97 Å². The topological polar surface area (TPSA) is 46.5 Å². The van der Waals surface area contributed by atoms with Gasteiger partial charge < -0.3 is 9.84 Å². The number of ether oxygens (including phenoxy) is 1. The molecule has 3 rings (SSSR count). The lowest BCUT2D eigenvalue weighted by atomic mass is 9.62. The second-order valence-corrected chi connectivity index (χ2v) is 10.1. The SMILES string of the molecule is CCOc1cc2c(cc1C1CC1CC=CC(C)=CC(=O)O)C(C)(C)CCC2(C)C. The lowest BCUT2D eigenvalue weighted by Crippen LogP contribution is -2.34. The van der Waals surface area contributed by atoms with Crippen molar-refractivity contribution in [2.24, 2.45) is 5.92 Å². The molecule has 1 aromatic carbocycles. The summed E-state index contributed by atoms with van der Waals surface area (Å²) >= 11 is 0. The number of allylic oxidation sites excluding steroid dienone is 3.